The quantitative estimate of drug-likeness (QED) is 0.756. The van der Waals surface area contributed by atoms with Gasteiger partial charge < -0.3 is 4.90 Å². The summed E-state index contributed by atoms with van der Waals surface area (Å²) in [6.07, 6.45) is 7.55. The summed E-state index contributed by atoms with van der Waals surface area (Å²) in [6, 6.07) is 7.77. The largest absolute Gasteiger partial charge is 0.335 e. The third kappa shape index (κ3) is 2.64. The smallest absolute Gasteiger partial charge is 0.254 e. The first-order valence-corrected chi connectivity index (χ1v) is 7.70. The minimum atomic E-state index is 0.188. The molecule has 3 heteroatoms. The van der Waals surface area contributed by atoms with Gasteiger partial charge in [-0.15, -0.1) is 0 Å². The summed E-state index contributed by atoms with van der Waals surface area (Å²) >= 11 is 5.89. The first kappa shape index (κ1) is 13.0. The maximum atomic E-state index is 12.6. The highest BCUT2D eigenvalue weighted by atomic mass is 35.5. The van der Waals surface area contributed by atoms with E-state index >= 15 is 0 Å². The van der Waals surface area contributed by atoms with Gasteiger partial charge in [0.15, 0.2) is 0 Å². The standard InChI is InChI=1S/C16H20ClNO/c17-14-9-7-13(8-10-14)16(19)18-11-3-5-12-4-1-2-6-15(12)18/h7-10,12,15H,1-6,11H2/t12-,15+/m1/s1. The van der Waals surface area contributed by atoms with Gasteiger partial charge in [-0.1, -0.05) is 24.4 Å². The molecule has 1 aliphatic carbocycles. The van der Waals surface area contributed by atoms with Crippen molar-refractivity contribution in [3.05, 3.63) is 34.9 Å². The summed E-state index contributed by atoms with van der Waals surface area (Å²) in [5, 5.41) is 0.686. The number of rotatable bonds is 1. The zero-order chi connectivity index (χ0) is 13.2. The normalized spacial score (nSPS) is 26.9. The molecule has 0 radical (unpaired) electrons. The van der Waals surface area contributed by atoms with Crippen molar-refractivity contribution in [2.45, 2.75) is 44.6 Å². The van der Waals surface area contributed by atoms with E-state index in [4.69, 9.17) is 11.6 Å². The number of fused-ring (bicyclic) bond motifs is 1. The molecule has 0 bridgehead atoms. The van der Waals surface area contributed by atoms with Gasteiger partial charge in [0.25, 0.3) is 5.91 Å². The van der Waals surface area contributed by atoms with Gasteiger partial charge in [0.2, 0.25) is 0 Å². The van der Waals surface area contributed by atoms with E-state index in [1.54, 1.807) is 12.1 Å². The van der Waals surface area contributed by atoms with E-state index < -0.39 is 0 Å². The van der Waals surface area contributed by atoms with Crippen molar-refractivity contribution < 1.29 is 4.79 Å². The van der Waals surface area contributed by atoms with Gasteiger partial charge in [-0.3, -0.25) is 4.79 Å². The Hall–Kier alpha value is -1.02. The molecule has 102 valence electrons. The van der Waals surface area contributed by atoms with E-state index in [1.807, 2.05) is 12.1 Å². The number of hydrogen-bond acceptors (Lipinski definition) is 1. The summed E-state index contributed by atoms with van der Waals surface area (Å²) in [5.41, 5.74) is 0.774. The van der Waals surface area contributed by atoms with Gasteiger partial charge in [-0.2, -0.15) is 0 Å². The number of piperidine rings is 1. The molecule has 0 N–H and O–H groups in total. The van der Waals surface area contributed by atoms with E-state index in [2.05, 4.69) is 4.90 Å². The van der Waals surface area contributed by atoms with E-state index in [-0.39, 0.29) is 5.91 Å². The van der Waals surface area contributed by atoms with Crippen LogP contribution in [0.5, 0.6) is 0 Å². The Morgan fingerprint density at radius 2 is 1.74 bits per heavy atom. The third-order valence-corrected chi connectivity index (χ3v) is 4.85. The van der Waals surface area contributed by atoms with Gasteiger partial charge in [-0.25, -0.2) is 0 Å². The first-order chi connectivity index (χ1) is 9.25. The number of benzene rings is 1. The lowest BCUT2D eigenvalue weighted by molar-refractivity contribution is 0.0390. The summed E-state index contributed by atoms with van der Waals surface area (Å²) in [7, 11) is 0. The van der Waals surface area contributed by atoms with Crippen LogP contribution in [0.4, 0.5) is 0 Å². The zero-order valence-corrected chi connectivity index (χ0v) is 11.9. The Morgan fingerprint density at radius 1 is 1.05 bits per heavy atom. The number of carbonyl (C=O) groups excluding carboxylic acids is 1. The number of nitrogens with zero attached hydrogens (tertiary/aromatic N) is 1. The Labute approximate surface area is 119 Å². The van der Waals surface area contributed by atoms with Crippen LogP contribution >= 0.6 is 11.6 Å². The highest BCUT2D eigenvalue weighted by molar-refractivity contribution is 6.30. The molecule has 19 heavy (non-hydrogen) atoms. The molecule has 0 spiro atoms. The molecule has 1 saturated heterocycles. The minimum absolute atomic E-state index is 0.188. The fraction of sp³-hybridized carbons (Fsp3) is 0.562. The third-order valence-electron chi connectivity index (χ3n) is 4.60. The van der Waals surface area contributed by atoms with Crippen LogP contribution in [-0.2, 0) is 0 Å². The maximum absolute atomic E-state index is 12.6. The molecule has 0 aromatic heterocycles. The molecule has 1 aliphatic heterocycles. The fourth-order valence-corrected chi connectivity index (χ4v) is 3.76. The molecule has 0 unspecified atom stereocenters. The molecule has 1 amide bonds. The van der Waals surface area contributed by atoms with E-state index in [1.165, 1.54) is 32.1 Å². The predicted molar refractivity (Wildman–Crippen MR) is 77.5 cm³/mol. The van der Waals surface area contributed by atoms with Gasteiger partial charge in [0, 0.05) is 23.2 Å². The second kappa shape index (κ2) is 5.54. The van der Waals surface area contributed by atoms with Crippen molar-refractivity contribution in [2.24, 2.45) is 5.92 Å². The summed E-state index contributed by atoms with van der Waals surface area (Å²) in [5.74, 6) is 0.923. The Bertz CT molecular complexity index is 454. The molecular formula is C16H20ClNO. The van der Waals surface area contributed by atoms with Crippen LogP contribution in [0.3, 0.4) is 0 Å². The molecule has 2 fully saturated rings. The van der Waals surface area contributed by atoms with Gasteiger partial charge >= 0.3 is 0 Å². The average Bonchev–Trinajstić information content (AvgIpc) is 2.47. The summed E-state index contributed by atoms with van der Waals surface area (Å²) < 4.78 is 0. The van der Waals surface area contributed by atoms with Crippen LogP contribution in [0.1, 0.15) is 48.9 Å². The highest BCUT2D eigenvalue weighted by Crippen LogP contribution is 2.35. The number of amides is 1. The molecule has 1 saturated carbocycles. The van der Waals surface area contributed by atoms with Crippen LogP contribution in [0.2, 0.25) is 5.02 Å². The van der Waals surface area contributed by atoms with E-state index in [0.29, 0.717) is 11.1 Å². The highest BCUT2D eigenvalue weighted by Gasteiger charge is 2.35. The molecule has 2 aliphatic rings. The fourth-order valence-electron chi connectivity index (χ4n) is 3.64. The second-order valence-electron chi connectivity index (χ2n) is 5.76. The minimum Gasteiger partial charge on any atom is -0.335 e. The molecule has 1 heterocycles. The number of likely N-dealkylation sites (tertiary alicyclic amines) is 1. The Morgan fingerprint density at radius 3 is 2.53 bits per heavy atom. The van der Waals surface area contributed by atoms with Crippen LogP contribution in [0, 0.1) is 5.92 Å². The SMILES string of the molecule is O=C(c1ccc(Cl)cc1)N1CCC[C@H]2CCCC[C@@H]21. The van der Waals surface area contributed by atoms with Gasteiger partial charge in [-0.05, 0) is 55.9 Å². The van der Waals surface area contributed by atoms with Crippen LogP contribution in [0.25, 0.3) is 0 Å². The van der Waals surface area contributed by atoms with Crippen molar-refractivity contribution in [1.29, 1.82) is 0 Å². The van der Waals surface area contributed by atoms with Gasteiger partial charge in [0.1, 0.15) is 0 Å². The van der Waals surface area contributed by atoms with Gasteiger partial charge in [0.05, 0.1) is 0 Å². The van der Waals surface area contributed by atoms with Crippen molar-refractivity contribution in [3.8, 4) is 0 Å². The lowest BCUT2D eigenvalue weighted by atomic mass is 9.78. The predicted octanol–water partition coefficient (Wildman–Crippen LogP) is 4.13. The number of halogens is 1. The molecule has 3 rings (SSSR count). The number of carbonyl (C=O) groups is 1. The van der Waals surface area contributed by atoms with Crippen molar-refractivity contribution >= 4 is 17.5 Å². The number of hydrogen-bond donors (Lipinski definition) is 0. The molecule has 1 aromatic rings. The van der Waals surface area contributed by atoms with Crippen molar-refractivity contribution in [3.63, 3.8) is 0 Å². The maximum Gasteiger partial charge on any atom is 0.254 e. The van der Waals surface area contributed by atoms with Crippen LogP contribution in [-0.4, -0.2) is 23.4 Å². The lowest BCUT2D eigenvalue weighted by Gasteiger charge is -2.44. The monoisotopic (exact) mass is 277 g/mol. The van der Waals surface area contributed by atoms with E-state index in [0.717, 1.165) is 24.4 Å². The lowest BCUT2D eigenvalue weighted by Crippen LogP contribution is -2.49. The van der Waals surface area contributed by atoms with Crippen LogP contribution < -0.4 is 0 Å². The average molecular weight is 278 g/mol. The second-order valence-corrected chi connectivity index (χ2v) is 6.20. The molecule has 1 aromatic carbocycles. The van der Waals surface area contributed by atoms with Crippen LogP contribution in [0.15, 0.2) is 24.3 Å². The summed E-state index contributed by atoms with van der Waals surface area (Å²) in [6.45, 7) is 0.919. The Balaban J connectivity index is 1.79. The van der Waals surface area contributed by atoms with Crippen molar-refractivity contribution in [2.75, 3.05) is 6.54 Å². The molecular weight excluding hydrogens is 258 g/mol. The first-order valence-electron chi connectivity index (χ1n) is 7.32. The molecule has 2 nitrogen and oxygen atoms in total. The van der Waals surface area contributed by atoms with E-state index in [9.17, 15) is 4.79 Å². The van der Waals surface area contributed by atoms with Crippen molar-refractivity contribution in [1.82, 2.24) is 4.90 Å². The Kier molecular flexibility index (Phi) is 3.79. The topological polar surface area (TPSA) is 20.3 Å². The molecule has 2 atom stereocenters. The summed E-state index contributed by atoms with van der Waals surface area (Å²) in [4.78, 5) is 14.8. The zero-order valence-electron chi connectivity index (χ0n) is 11.1.